The number of aromatic nitrogens is 1. The Morgan fingerprint density at radius 1 is 1.30 bits per heavy atom. The molecule has 0 saturated carbocycles. The number of carbonyl (C=O) groups excluding carboxylic acids is 1. The average molecular weight is 344 g/mol. The predicted molar refractivity (Wildman–Crippen MR) is 93.5 cm³/mol. The molecule has 6 heteroatoms. The van der Waals surface area contributed by atoms with Gasteiger partial charge < -0.3 is 9.73 Å². The number of hydrogen-bond acceptors (Lipinski definition) is 5. The SMILES string of the molecule is C[C@H](NC(=O)CSc1nc(-c2ccccc2)cs1)c1ccco1. The van der Waals surface area contributed by atoms with Crippen LogP contribution in [0, 0.1) is 0 Å². The molecule has 0 unspecified atom stereocenters. The summed E-state index contributed by atoms with van der Waals surface area (Å²) in [6.45, 7) is 1.90. The highest BCUT2D eigenvalue weighted by Gasteiger charge is 2.13. The van der Waals surface area contributed by atoms with Crippen molar-refractivity contribution in [1.82, 2.24) is 10.3 Å². The van der Waals surface area contributed by atoms with E-state index in [1.165, 1.54) is 11.8 Å². The van der Waals surface area contributed by atoms with Crippen LogP contribution in [-0.2, 0) is 4.79 Å². The molecule has 1 amide bonds. The van der Waals surface area contributed by atoms with Crippen molar-refractivity contribution < 1.29 is 9.21 Å². The summed E-state index contributed by atoms with van der Waals surface area (Å²) in [6, 6.07) is 13.6. The van der Waals surface area contributed by atoms with E-state index in [2.05, 4.69) is 10.3 Å². The molecular formula is C17H16N2O2S2. The van der Waals surface area contributed by atoms with Gasteiger partial charge in [0.1, 0.15) is 5.76 Å². The van der Waals surface area contributed by atoms with Gasteiger partial charge in [0, 0.05) is 10.9 Å². The van der Waals surface area contributed by atoms with Gasteiger partial charge in [0.25, 0.3) is 0 Å². The molecule has 0 fully saturated rings. The van der Waals surface area contributed by atoms with Crippen molar-refractivity contribution in [2.75, 3.05) is 5.75 Å². The van der Waals surface area contributed by atoms with Gasteiger partial charge in [-0.3, -0.25) is 4.79 Å². The molecule has 1 aromatic carbocycles. The van der Waals surface area contributed by atoms with Crippen LogP contribution in [0.5, 0.6) is 0 Å². The fourth-order valence-electron chi connectivity index (χ4n) is 2.08. The van der Waals surface area contributed by atoms with Crippen LogP contribution in [0.25, 0.3) is 11.3 Å². The van der Waals surface area contributed by atoms with E-state index in [4.69, 9.17) is 4.42 Å². The third-order valence-corrected chi connectivity index (χ3v) is 5.25. The van der Waals surface area contributed by atoms with Crippen LogP contribution in [-0.4, -0.2) is 16.6 Å². The Bertz CT molecular complexity index is 754. The van der Waals surface area contributed by atoms with Gasteiger partial charge in [0.15, 0.2) is 4.34 Å². The van der Waals surface area contributed by atoms with Crippen LogP contribution in [0.3, 0.4) is 0 Å². The van der Waals surface area contributed by atoms with E-state index in [0.29, 0.717) is 5.75 Å². The van der Waals surface area contributed by atoms with Crippen molar-refractivity contribution >= 4 is 29.0 Å². The second-order valence-corrected chi connectivity index (χ2v) is 7.04. The standard InChI is InChI=1S/C17H16N2O2S2/c1-12(15-8-5-9-21-15)18-16(20)11-23-17-19-14(10-22-17)13-6-3-2-4-7-13/h2-10,12H,11H2,1H3,(H,18,20)/t12-/m0/s1. The lowest BCUT2D eigenvalue weighted by Crippen LogP contribution is -2.27. The van der Waals surface area contributed by atoms with Crippen molar-refractivity contribution in [3.8, 4) is 11.3 Å². The highest BCUT2D eigenvalue weighted by atomic mass is 32.2. The summed E-state index contributed by atoms with van der Waals surface area (Å²) in [5.41, 5.74) is 2.04. The highest BCUT2D eigenvalue weighted by Crippen LogP contribution is 2.28. The molecule has 2 heterocycles. The first-order chi connectivity index (χ1) is 11.2. The molecule has 3 aromatic rings. The molecule has 0 radical (unpaired) electrons. The summed E-state index contributed by atoms with van der Waals surface area (Å²) in [5.74, 6) is 1.06. The average Bonchev–Trinajstić information content (AvgIpc) is 3.25. The molecule has 0 aliphatic rings. The summed E-state index contributed by atoms with van der Waals surface area (Å²) in [4.78, 5) is 16.6. The molecule has 2 aromatic heterocycles. The first kappa shape index (κ1) is 15.8. The fraction of sp³-hybridized carbons (Fsp3) is 0.176. The predicted octanol–water partition coefficient (Wildman–Crippen LogP) is 4.37. The van der Waals surface area contributed by atoms with Gasteiger partial charge in [-0.05, 0) is 19.1 Å². The number of nitrogens with zero attached hydrogens (tertiary/aromatic N) is 1. The largest absolute Gasteiger partial charge is 0.467 e. The highest BCUT2D eigenvalue weighted by molar-refractivity contribution is 8.01. The Labute approximate surface area is 142 Å². The van der Waals surface area contributed by atoms with E-state index in [1.807, 2.05) is 54.8 Å². The maximum absolute atomic E-state index is 12.0. The van der Waals surface area contributed by atoms with E-state index in [1.54, 1.807) is 17.6 Å². The van der Waals surface area contributed by atoms with Gasteiger partial charge in [-0.25, -0.2) is 4.98 Å². The number of hydrogen-bond donors (Lipinski definition) is 1. The number of nitrogens with one attached hydrogen (secondary N) is 1. The van der Waals surface area contributed by atoms with Crippen molar-refractivity contribution in [2.24, 2.45) is 0 Å². The number of furan rings is 1. The number of carbonyl (C=O) groups is 1. The Kier molecular flexibility index (Phi) is 5.15. The Morgan fingerprint density at radius 3 is 2.87 bits per heavy atom. The second-order valence-electron chi connectivity index (χ2n) is 4.96. The van der Waals surface area contributed by atoms with Crippen LogP contribution < -0.4 is 5.32 Å². The minimum Gasteiger partial charge on any atom is -0.467 e. The van der Waals surface area contributed by atoms with Gasteiger partial charge in [-0.1, -0.05) is 42.1 Å². The van der Waals surface area contributed by atoms with Gasteiger partial charge in [0.2, 0.25) is 5.91 Å². The van der Waals surface area contributed by atoms with E-state index in [9.17, 15) is 4.79 Å². The second kappa shape index (κ2) is 7.48. The van der Waals surface area contributed by atoms with Crippen LogP contribution >= 0.6 is 23.1 Å². The van der Waals surface area contributed by atoms with Crippen molar-refractivity contribution in [3.05, 3.63) is 59.9 Å². The Morgan fingerprint density at radius 2 is 2.13 bits per heavy atom. The third-order valence-electron chi connectivity index (χ3n) is 3.23. The van der Waals surface area contributed by atoms with Crippen LogP contribution in [0.1, 0.15) is 18.7 Å². The molecule has 1 atom stereocenters. The number of thioether (sulfide) groups is 1. The van der Waals surface area contributed by atoms with Crippen molar-refractivity contribution in [3.63, 3.8) is 0 Å². The number of amides is 1. The topological polar surface area (TPSA) is 55.1 Å². The van der Waals surface area contributed by atoms with E-state index in [0.717, 1.165) is 21.4 Å². The Hall–Kier alpha value is -2.05. The summed E-state index contributed by atoms with van der Waals surface area (Å²) in [6.07, 6.45) is 1.60. The summed E-state index contributed by atoms with van der Waals surface area (Å²) >= 11 is 3.00. The smallest absolute Gasteiger partial charge is 0.231 e. The van der Waals surface area contributed by atoms with Crippen molar-refractivity contribution in [1.29, 1.82) is 0 Å². The van der Waals surface area contributed by atoms with Crippen LogP contribution in [0.4, 0.5) is 0 Å². The first-order valence-electron chi connectivity index (χ1n) is 7.19. The summed E-state index contributed by atoms with van der Waals surface area (Å²) < 4.78 is 6.17. The zero-order valence-electron chi connectivity index (χ0n) is 12.6. The number of benzene rings is 1. The normalized spacial score (nSPS) is 12.0. The minimum atomic E-state index is -0.130. The molecular weight excluding hydrogens is 328 g/mol. The zero-order chi connectivity index (χ0) is 16.1. The van der Waals surface area contributed by atoms with Gasteiger partial charge >= 0.3 is 0 Å². The molecule has 0 saturated heterocycles. The maximum atomic E-state index is 12.0. The molecule has 0 aliphatic carbocycles. The number of rotatable bonds is 6. The molecule has 3 rings (SSSR count). The first-order valence-corrected chi connectivity index (χ1v) is 9.05. The fourth-order valence-corrected chi connectivity index (χ4v) is 3.73. The zero-order valence-corrected chi connectivity index (χ0v) is 14.2. The molecule has 0 spiro atoms. The van der Waals surface area contributed by atoms with Crippen LogP contribution in [0.15, 0.2) is 62.9 Å². The van der Waals surface area contributed by atoms with Crippen LogP contribution in [0.2, 0.25) is 0 Å². The minimum absolute atomic E-state index is 0.0321. The molecule has 23 heavy (non-hydrogen) atoms. The maximum Gasteiger partial charge on any atom is 0.231 e. The molecule has 0 bridgehead atoms. The van der Waals surface area contributed by atoms with Gasteiger partial charge in [-0.2, -0.15) is 0 Å². The monoisotopic (exact) mass is 344 g/mol. The summed E-state index contributed by atoms with van der Waals surface area (Å²) in [5, 5.41) is 4.93. The Balaban J connectivity index is 1.52. The molecule has 1 N–H and O–H groups in total. The third kappa shape index (κ3) is 4.24. The lowest BCUT2D eigenvalue weighted by molar-refractivity contribution is -0.119. The number of thiazole rings is 1. The quantitative estimate of drug-likeness (QED) is 0.675. The lowest BCUT2D eigenvalue weighted by atomic mass is 10.2. The molecule has 4 nitrogen and oxygen atoms in total. The van der Waals surface area contributed by atoms with E-state index < -0.39 is 0 Å². The van der Waals surface area contributed by atoms with E-state index >= 15 is 0 Å². The van der Waals surface area contributed by atoms with E-state index in [-0.39, 0.29) is 11.9 Å². The molecule has 0 aliphatic heterocycles. The van der Waals surface area contributed by atoms with Crippen molar-refractivity contribution in [2.45, 2.75) is 17.3 Å². The van der Waals surface area contributed by atoms with Gasteiger partial charge in [0.05, 0.1) is 23.8 Å². The van der Waals surface area contributed by atoms with Gasteiger partial charge in [-0.15, -0.1) is 11.3 Å². The lowest BCUT2D eigenvalue weighted by Gasteiger charge is -2.10. The molecule has 118 valence electrons. The summed E-state index contributed by atoms with van der Waals surface area (Å²) in [7, 11) is 0.